The largest absolute Gasteiger partial charge is 0.416 e. The summed E-state index contributed by atoms with van der Waals surface area (Å²) >= 11 is 0. The number of halogens is 4. The van der Waals surface area contributed by atoms with E-state index in [1.54, 1.807) is 6.92 Å². The van der Waals surface area contributed by atoms with E-state index in [9.17, 15) is 17.6 Å². The molecule has 0 spiro atoms. The van der Waals surface area contributed by atoms with Gasteiger partial charge in [0.15, 0.2) is 0 Å². The lowest BCUT2D eigenvalue weighted by molar-refractivity contribution is -0.137. The fraction of sp³-hybridized carbons (Fsp3) is 0.231. The first kappa shape index (κ1) is 14.4. The molecular weight excluding hydrogens is 276 g/mol. The molecule has 0 saturated carbocycles. The molecular formula is C13H10F4N2O. The molecule has 0 unspecified atom stereocenters. The Labute approximate surface area is 111 Å². The Hall–Kier alpha value is -2.02. The lowest BCUT2D eigenvalue weighted by Gasteiger charge is -2.11. The Morgan fingerprint density at radius 2 is 1.90 bits per heavy atom. The number of alkyl halides is 3. The standard InChI is InChI=1S/C13H10F4N2O/c1-7-11(5-20)18-6-19-12(7)9-3-2-8(4-10(9)14)13(15,16)17/h2-4,6,20H,5H2,1H3. The highest BCUT2D eigenvalue weighted by molar-refractivity contribution is 5.64. The summed E-state index contributed by atoms with van der Waals surface area (Å²) in [5, 5.41) is 9.08. The third kappa shape index (κ3) is 2.62. The van der Waals surface area contributed by atoms with Gasteiger partial charge in [0.25, 0.3) is 0 Å². The van der Waals surface area contributed by atoms with E-state index in [0.717, 1.165) is 18.5 Å². The first-order valence-electron chi connectivity index (χ1n) is 5.63. The van der Waals surface area contributed by atoms with Crippen LogP contribution in [0.15, 0.2) is 24.5 Å². The summed E-state index contributed by atoms with van der Waals surface area (Å²) in [6.07, 6.45) is -3.47. The molecule has 0 atom stereocenters. The van der Waals surface area contributed by atoms with E-state index in [1.807, 2.05) is 0 Å². The average Bonchev–Trinajstić information content (AvgIpc) is 2.38. The minimum Gasteiger partial charge on any atom is -0.390 e. The van der Waals surface area contributed by atoms with Crippen LogP contribution >= 0.6 is 0 Å². The summed E-state index contributed by atoms with van der Waals surface area (Å²) in [6.45, 7) is 1.21. The van der Waals surface area contributed by atoms with Gasteiger partial charge in [-0.05, 0) is 30.7 Å². The highest BCUT2D eigenvalue weighted by Gasteiger charge is 2.31. The van der Waals surface area contributed by atoms with Gasteiger partial charge in [-0.15, -0.1) is 0 Å². The van der Waals surface area contributed by atoms with Crippen LogP contribution in [0.25, 0.3) is 11.3 Å². The monoisotopic (exact) mass is 286 g/mol. The van der Waals surface area contributed by atoms with Crippen LogP contribution in [0.1, 0.15) is 16.8 Å². The van der Waals surface area contributed by atoms with Crippen molar-refractivity contribution in [2.75, 3.05) is 0 Å². The molecule has 0 aliphatic carbocycles. The van der Waals surface area contributed by atoms with Gasteiger partial charge in [-0.2, -0.15) is 13.2 Å². The summed E-state index contributed by atoms with van der Waals surface area (Å²) in [4.78, 5) is 7.67. The van der Waals surface area contributed by atoms with Crippen molar-refractivity contribution in [3.8, 4) is 11.3 Å². The van der Waals surface area contributed by atoms with Crippen LogP contribution in [0, 0.1) is 12.7 Å². The zero-order chi connectivity index (χ0) is 14.9. The smallest absolute Gasteiger partial charge is 0.390 e. The summed E-state index contributed by atoms with van der Waals surface area (Å²) in [5.41, 5.74) is -0.237. The fourth-order valence-electron chi connectivity index (χ4n) is 1.80. The molecule has 106 valence electrons. The Morgan fingerprint density at radius 1 is 1.20 bits per heavy atom. The minimum absolute atomic E-state index is 0.0624. The SMILES string of the molecule is Cc1c(CO)ncnc1-c1ccc(C(F)(F)F)cc1F. The number of hydrogen-bond acceptors (Lipinski definition) is 3. The van der Waals surface area contributed by atoms with Crippen LogP contribution in [-0.2, 0) is 12.8 Å². The molecule has 0 amide bonds. The van der Waals surface area contributed by atoms with Gasteiger partial charge in [-0.25, -0.2) is 14.4 Å². The van der Waals surface area contributed by atoms with E-state index >= 15 is 0 Å². The van der Waals surface area contributed by atoms with E-state index in [1.165, 1.54) is 0 Å². The maximum absolute atomic E-state index is 13.9. The highest BCUT2D eigenvalue weighted by atomic mass is 19.4. The van der Waals surface area contributed by atoms with Gasteiger partial charge in [-0.1, -0.05) is 0 Å². The van der Waals surface area contributed by atoms with Crippen molar-refractivity contribution in [1.82, 2.24) is 9.97 Å². The summed E-state index contributed by atoms with van der Waals surface area (Å²) in [5.74, 6) is -1.02. The number of benzene rings is 1. The molecule has 1 N–H and O–H groups in total. The topological polar surface area (TPSA) is 46.0 Å². The molecule has 0 aliphatic rings. The predicted molar refractivity (Wildman–Crippen MR) is 63.1 cm³/mol. The van der Waals surface area contributed by atoms with Crippen molar-refractivity contribution in [3.05, 3.63) is 47.2 Å². The fourth-order valence-corrected chi connectivity index (χ4v) is 1.80. The Kier molecular flexibility index (Phi) is 3.71. The third-order valence-electron chi connectivity index (χ3n) is 2.89. The molecule has 2 rings (SSSR count). The second-order valence-corrected chi connectivity index (χ2v) is 4.14. The van der Waals surface area contributed by atoms with Gasteiger partial charge in [0, 0.05) is 5.56 Å². The Bertz CT molecular complexity index is 641. The van der Waals surface area contributed by atoms with E-state index in [0.29, 0.717) is 17.3 Å². The number of hydrogen-bond donors (Lipinski definition) is 1. The summed E-state index contributed by atoms with van der Waals surface area (Å²) < 4.78 is 51.3. The zero-order valence-corrected chi connectivity index (χ0v) is 10.4. The molecule has 20 heavy (non-hydrogen) atoms. The normalized spacial score (nSPS) is 11.7. The van der Waals surface area contributed by atoms with Crippen molar-refractivity contribution in [3.63, 3.8) is 0 Å². The molecule has 7 heteroatoms. The number of rotatable bonds is 2. The molecule has 1 heterocycles. The first-order valence-corrected chi connectivity index (χ1v) is 5.63. The average molecular weight is 286 g/mol. The molecule has 0 aliphatic heterocycles. The second kappa shape index (κ2) is 5.16. The highest BCUT2D eigenvalue weighted by Crippen LogP contribution is 2.33. The van der Waals surface area contributed by atoms with Gasteiger partial charge in [0.2, 0.25) is 0 Å². The van der Waals surface area contributed by atoms with E-state index in [4.69, 9.17) is 5.11 Å². The minimum atomic E-state index is -4.60. The van der Waals surface area contributed by atoms with Crippen molar-refractivity contribution in [1.29, 1.82) is 0 Å². The summed E-state index contributed by atoms with van der Waals surface area (Å²) in [6, 6.07) is 2.24. The van der Waals surface area contributed by atoms with Crippen LogP contribution in [0.4, 0.5) is 17.6 Å². The first-order chi connectivity index (χ1) is 9.34. The lowest BCUT2D eigenvalue weighted by atomic mass is 10.0. The molecule has 0 fully saturated rings. The number of aliphatic hydroxyl groups is 1. The number of aliphatic hydroxyl groups excluding tert-OH is 1. The van der Waals surface area contributed by atoms with Crippen LogP contribution < -0.4 is 0 Å². The maximum atomic E-state index is 13.9. The Balaban J connectivity index is 2.55. The number of aromatic nitrogens is 2. The third-order valence-corrected chi connectivity index (χ3v) is 2.89. The van der Waals surface area contributed by atoms with Gasteiger partial charge in [0.1, 0.15) is 12.1 Å². The molecule has 3 nitrogen and oxygen atoms in total. The zero-order valence-electron chi connectivity index (χ0n) is 10.4. The van der Waals surface area contributed by atoms with Gasteiger partial charge in [0.05, 0.1) is 23.6 Å². The van der Waals surface area contributed by atoms with Gasteiger partial charge in [-0.3, -0.25) is 0 Å². The Morgan fingerprint density at radius 3 is 2.45 bits per heavy atom. The quantitative estimate of drug-likeness (QED) is 0.863. The molecule has 0 bridgehead atoms. The van der Waals surface area contributed by atoms with Crippen LogP contribution in [0.5, 0.6) is 0 Å². The second-order valence-electron chi connectivity index (χ2n) is 4.14. The summed E-state index contributed by atoms with van der Waals surface area (Å²) in [7, 11) is 0. The molecule has 1 aromatic heterocycles. The number of nitrogens with zero attached hydrogens (tertiary/aromatic N) is 2. The lowest BCUT2D eigenvalue weighted by Crippen LogP contribution is -2.06. The van der Waals surface area contributed by atoms with Gasteiger partial charge >= 0.3 is 6.18 Å². The predicted octanol–water partition coefficient (Wildman–Crippen LogP) is 3.10. The maximum Gasteiger partial charge on any atom is 0.416 e. The van der Waals surface area contributed by atoms with E-state index < -0.39 is 17.6 Å². The molecule has 2 aromatic rings. The van der Waals surface area contributed by atoms with E-state index in [2.05, 4.69) is 9.97 Å². The molecule has 0 saturated heterocycles. The van der Waals surface area contributed by atoms with Gasteiger partial charge < -0.3 is 5.11 Å². The molecule has 1 aromatic carbocycles. The van der Waals surface area contributed by atoms with Crippen molar-refractivity contribution in [2.45, 2.75) is 19.7 Å². The van der Waals surface area contributed by atoms with Crippen LogP contribution in [-0.4, -0.2) is 15.1 Å². The van der Waals surface area contributed by atoms with Crippen molar-refractivity contribution in [2.24, 2.45) is 0 Å². The van der Waals surface area contributed by atoms with E-state index in [-0.39, 0.29) is 17.9 Å². The molecule has 0 radical (unpaired) electrons. The van der Waals surface area contributed by atoms with Crippen molar-refractivity contribution >= 4 is 0 Å². The van der Waals surface area contributed by atoms with Crippen LogP contribution in [0.2, 0.25) is 0 Å². The van der Waals surface area contributed by atoms with Crippen LogP contribution in [0.3, 0.4) is 0 Å². The van der Waals surface area contributed by atoms with Crippen molar-refractivity contribution < 1.29 is 22.7 Å².